The van der Waals surface area contributed by atoms with Crippen molar-refractivity contribution in [1.82, 2.24) is 5.32 Å². The molecule has 0 bridgehead atoms. The van der Waals surface area contributed by atoms with Crippen LogP contribution in [0.25, 0.3) is 11.1 Å². The van der Waals surface area contributed by atoms with Gasteiger partial charge in [-0.1, -0.05) is 48.5 Å². The second-order valence-corrected chi connectivity index (χ2v) is 5.52. The van der Waals surface area contributed by atoms with E-state index in [9.17, 15) is 5.26 Å². The second-order valence-electron chi connectivity index (χ2n) is 5.52. The van der Waals surface area contributed by atoms with Crippen molar-refractivity contribution in [2.75, 3.05) is 0 Å². The minimum absolute atomic E-state index is 0.379. The zero-order valence-corrected chi connectivity index (χ0v) is 12.6. The van der Waals surface area contributed by atoms with E-state index in [1.165, 1.54) is 11.1 Å². The summed E-state index contributed by atoms with van der Waals surface area (Å²) < 4.78 is 0. The molecule has 1 N–H and O–H groups in total. The van der Waals surface area contributed by atoms with Crippen LogP contribution in [0.3, 0.4) is 0 Å². The van der Waals surface area contributed by atoms with Gasteiger partial charge in [-0.3, -0.25) is 0 Å². The van der Waals surface area contributed by atoms with E-state index in [1.54, 1.807) is 0 Å². The van der Waals surface area contributed by atoms with Crippen LogP contribution in [0.15, 0.2) is 72.5 Å². The van der Waals surface area contributed by atoms with Gasteiger partial charge in [0.25, 0.3) is 0 Å². The summed E-state index contributed by atoms with van der Waals surface area (Å²) in [5.41, 5.74) is 5.46. The molecule has 108 valence electrons. The van der Waals surface area contributed by atoms with Gasteiger partial charge in [-0.2, -0.15) is 5.26 Å². The van der Waals surface area contributed by atoms with E-state index < -0.39 is 0 Å². The maximum absolute atomic E-state index is 9.21. The fraction of sp³-hybridized carbons (Fsp3) is 0.150. The fourth-order valence-electron chi connectivity index (χ4n) is 2.71. The van der Waals surface area contributed by atoms with Crippen LogP contribution < -0.4 is 5.32 Å². The molecule has 1 atom stereocenters. The molecule has 2 aromatic rings. The van der Waals surface area contributed by atoms with Crippen LogP contribution in [0, 0.1) is 11.3 Å². The Hall–Kier alpha value is -2.79. The number of nitrogens with zero attached hydrogens (tertiary/aromatic N) is 1. The molecule has 1 unspecified atom stereocenters. The molecule has 1 heterocycles. The highest BCUT2D eigenvalue weighted by atomic mass is 14.9. The monoisotopic (exact) mass is 286 g/mol. The summed E-state index contributed by atoms with van der Waals surface area (Å²) in [6.07, 6.45) is 7.15. The number of allylic oxidation sites excluding steroid dienone is 2. The zero-order valence-electron chi connectivity index (χ0n) is 12.6. The first-order valence-electron chi connectivity index (χ1n) is 7.48. The molecule has 2 heteroatoms. The van der Waals surface area contributed by atoms with Crippen LogP contribution in [0.2, 0.25) is 0 Å². The third-order valence-electron chi connectivity index (χ3n) is 4.03. The lowest BCUT2D eigenvalue weighted by molar-refractivity contribution is 0.699. The fourth-order valence-corrected chi connectivity index (χ4v) is 2.71. The van der Waals surface area contributed by atoms with E-state index >= 15 is 0 Å². The van der Waals surface area contributed by atoms with Crippen molar-refractivity contribution in [2.45, 2.75) is 19.4 Å². The summed E-state index contributed by atoms with van der Waals surface area (Å²) in [4.78, 5) is 0. The first-order valence-corrected chi connectivity index (χ1v) is 7.48. The molecule has 2 aromatic carbocycles. The number of benzene rings is 2. The van der Waals surface area contributed by atoms with Gasteiger partial charge in [0, 0.05) is 6.04 Å². The maximum Gasteiger partial charge on any atom is 0.0998 e. The summed E-state index contributed by atoms with van der Waals surface area (Å²) in [6.45, 7) is 2.17. The Morgan fingerprint density at radius 3 is 2.59 bits per heavy atom. The number of nitrogens with one attached hydrogen (secondary N) is 1. The van der Waals surface area contributed by atoms with Gasteiger partial charge in [-0.05, 0) is 54.0 Å². The summed E-state index contributed by atoms with van der Waals surface area (Å²) in [5, 5.41) is 12.5. The van der Waals surface area contributed by atoms with Crippen molar-refractivity contribution < 1.29 is 0 Å². The third-order valence-corrected chi connectivity index (χ3v) is 4.03. The first kappa shape index (κ1) is 14.2. The van der Waals surface area contributed by atoms with Crippen molar-refractivity contribution in [1.29, 1.82) is 5.26 Å². The van der Waals surface area contributed by atoms with Gasteiger partial charge in [-0.15, -0.1) is 0 Å². The summed E-state index contributed by atoms with van der Waals surface area (Å²) in [6, 6.07) is 18.8. The van der Waals surface area contributed by atoms with Crippen LogP contribution >= 0.6 is 0 Å². The molecule has 0 aliphatic carbocycles. The minimum atomic E-state index is 0.379. The molecule has 0 fully saturated rings. The molecule has 1 aliphatic heterocycles. The van der Waals surface area contributed by atoms with Gasteiger partial charge < -0.3 is 5.32 Å². The minimum Gasteiger partial charge on any atom is -0.385 e. The number of hydrogen-bond acceptors (Lipinski definition) is 2. The maximum atomic E-state index is 9.21. The quantitative estimate of drug-likeness (QED) is 0.918. The Kier molecular flexibility index (Phi) is 4.07. The highest BCUT2D eigenvalue weighted by Gasteiger charge is 2.10. The molecule has 0 saturated carbocycles. The molecule has 0 aromatic heterocycles. The highest BCUT2D eigenvalue weighted by Crippen LogP contribution is 2.24. The number of hydrogen-bond donors (Lipinski definition) is 1. The van der Waals surface area contributed by atoms with E-state index in [0.717, 1.165) is 17.5 Å². The Morgan fingerprint density at radius 2 is 1.86 bits per heavy atom. The zero-order chi connectivity index (χ0) is 15.4. The molecule has 1 aliphatic rings. The Labute approximate surface area is 131 Å². The molecule has 0 amide bonds. The van der Waals surface area contributed by atoms with Crippen molar-refractivity contribution >= 4 is 0 Å². The predicted octanol–water partition coefficient (Wildman–Crippen LogP) is 4.20. The SMILES string of the molecule is CC1NC=CC=C1Cc1ccc(-c2ccccc2C#N)cc1. The average molecular weight is 286 g/mol. The average Bonchev–Trinajstić information content (AvgIpc) is 2.58. The Morgan fingerprint density at radius 1 is 1.09 bits per heavy atom. The standard InChI is InChI=1S/C20H18N2/c1-15-18(6-4-12-22-15)13-16-8-10-17(11-9-16)20-7-3-2-5-19(20)14-21/h2-12,15,22H,13H2,1H3. The van der Waals surface area contributed by atoms with Gasteiger partial charge in [-0.25, -0.2) is 0 Å². The van der Waals surface area contributed by atoms with Gasteiger partial charge in [0.2, 0.25) is 0 Å². The number of dihydropyridines is 1. The largest absolute Gasteiger partial charge is 0.385 e. The van der Waals surface area contributed by atoms with Crippen LogP contribution in [-0.2, 0) is 6.42 Å². The van der Waals surface area contributed by atoms with Crippen LogP contribution in [0.1, 0.15) is 18.1 Å². The lowest BCUT2D eigenvalue weighted by atomic mass is 9.95. The molecule has 0 spiro atoms. The summed E-state index contributed by atoms with van der Waals surface area (Å²) in [7, 11) is 0. The van der Waals surface area contributed by atoms with Crippen molar-refractivity contribution in [2.24, 2.45) is 0 Å². The summed E-state index contributed by atoms with van der Waals surface area (Å²) in [5.74, 6) is 0. The van der Waals surface area contributed by atoms with Crippen LogP contribution in [-0.4, -0.2) is 6.04 Å². The molecular formula is C20H18N2. The van der Waals surface area contributed by atoms with Gasteiger partial charge >= 0.3 is 0 Å². The molecule has 0 radical (unpaired) electrons. The first-order chi connectivity index (χ1) is 10.8. The third kappa shape index (κ3) is 2.94. The number of nitriles is 1. The van der Waals surface area contributed by atoms with E-state index in [2.05, 4.69) is 48.7 Å². The van der Waals surface area contributed by atoms with E-state index in [0.29, 0.717) is 11.6 Å². The van der Waals surface area contributed by atoms with E-state index in [-0.39, 0.29) is 0 Å². The molecule has 3 rings (SSSR count). The van der Waals surface area contributed by atoms with Gasteiger partial charge in [0.05, 0.1) is 11.6 Å². The highest BCUT2D eigenvalue weighted by molar-refractivity contribution is 5.70. The summed E-state index contributed by atoms with van der Waals surface area (Å²) >= 11 is 0. The van der Waals surface area contributed by atoms with Crippen molar-refractivity contribution in [3.8, 4) is 17.2 Å². The molecule has 2 nitrogen and oxygen atoms in total. The Bertz CT molecular complexity index is 761. The van der Waals surface area contributed by atoms with E-state index in [1.807, 2.05) is 36.5 Å². The predicted molar refractivity (Wildman–Crippen MR) is 90.1 cm³/mol. The topological polar surface area (TPSA) is 35.8 Å². The van der Waals surface area contributed by atoms with Crippen molar-refractivity contribution in [3.63, 3.8) is 0 Å². The molecular weight excluding hydrogens is 268 g/mol. The smallest absolute Gasteiger partial charge is 0.0998 e. The van der Waals surface area contributed by atoms with Crippen LogP contribution in [0.5, 0.6) is 0 Å². The van der Waals surface area contributed by atoms with Gasteiger partial charge in [0.15, 0.2) is 0 Å². The lowest BCUT2D eigenvalue weighted by Crippen LogP contribution is -2.25. The number of rotatable bonds is 3. The van der Waals surface area contributed by atoms with Crippen LogP contribution in [0.4, 0.5) is 0 Å². The van der Waals surface area contributed by atoms with Gasteiger partial charge in [0.1, 0.15) is 0 Å². The lowest BCUT2D eigenvalue weighted by Gasteiger charge is -2.19. The normalized spacial score (nSPS) is 16.5. The second kappa shape index (κ2) is 6.32. The molecule has 0 saturated heterocycles. The molecule has 22 heavy (non-hydrogen) atoms. The van der Waals surface area contributed by atoms with Crippen molar-refractivity contribution in [3.05, 3.63) is 83.6 Å². The Balaban J connectivity index is 1.83. The van der Waals surface area contributed by atoms with E-state index in [4.69, 9.17) is 0 Å².